The first-order valence-electron chi connectivity index (χ1n) is 8.97. The molecule has 0 saturated carbocycles. The first kappa shape index (κ1) is 19.8. The summed E-state index contributed by atoms with van der Waals surface area (Å²) in [6.07, 6.45) is 6.36. The van der Waals surface area contributed by atoms with E-state index in [1.165, 1.54) is 38.8 Å². The fraction of sp³-hybridized carbons (Fsp3) is 0.684. The maximum atomic E-state index is 6.02. The number of unbranched alkanes of at least 4 members (excludes halogenated alkanes) is 2. The van der Waals surface area contributed by atoms with Crippen LogP contribution in [0.25, 0.3) is 0 Å². The lowest BCUT2D eigenvalue weighted by molar-refractivity contribution is -0.0180. The van der Waals surface area contributed by atoms with Crippen LogP contribution in [0.2, 0.25) is 10.0 Å². The molecule has 0 amide bonds. The van der Waals surface area contributed by atoms with Gasteiger partial charge in [-0.2, -0.15) is 0 Å². The van der Waals surface area contributed by atoms with Crippen LogP contribution in [0.1, 0.15) is 39.0 Å². The Labute approximate surface area is 156 Å². The molecule has 1 aromatic carbocycles. The van der Waals surface area contributed by atoms with Gasteiger partial charge in [-0.05, 0) is 50.4 Å². The smallest absolute Gasteiger partial charge is 0.120 e. The average Bonchev–Trinajstić information content (AvgIpc) is 2.59. The van der Waals surface area contributed by atoms with Crippen LogP contribution >= 0.6 is 23.2 Å². The topological polar surface area (TPSA) is 21.7 Å². The summed E-state index contributed by atoms with van der Waals surface area (Å²) >= 11 is 11.9. The third-order valence-corrected chi connectivity index (χ3v) is 5.55. The first-order valence-corrected chi connectivity index (χ1v) is 9.72. The summed E-state index contributed by atoms with van der Waals surface area (Å²) in [7, 11) is 1.83. The van der Waals surface area contributed by atoms with Gasteiger partial charge in [0.1, 0.15) is 5.75 Å². The minimum Gasteiger partial charge on any atom is -0.494 e. The number of hydrogen-bond donors (Lipinski definition) is 0. The molecule has 1 aliphatic rings. The Hall–Kier alpha value is -0.480. The van der Waals surface area contributed by atoms with E-state index in [0.717, 1.165) is 18.7 Å². The molecule has 2 atom stereocenters. The van der Waals surface area contributed by atoms with Crippen LogP contribution in [0.4, 0.5) is 0 Å². The quantitative estimate of drug-likeness (QED) is 0.548. The molecule has 1 aromatic rings. The van der Waals surface area contributed by atoms with Gasteiger partial charge in [-0.1, -0.05) is 43.0 Å². The second-order valence-corrected chi connectivity index (χ2v) is 7.36. The summed E-state index contributed by atoms with van der Waals surface area (Å²) in [5.41, 5.74) is 0. The predicted octanol–water partition coefficient (Wildman–Crippen LogP) is 5.29. The molecule has 0 aromatic heterocycles. The monoisotopic (exact) mass is 373 g/mol. The van der Waals surface area contributed by atoms with Gasteiger partial charge < -0.3 is 14.4 Å². The standard InChI is InChI=1S/C19H29Cl2NO2/c1-3-4-5-10-22-11-8-15(19(14-22)23-2)9-12-24-16-6-7-17(20)18(21)13-16/h6-7,13,15,19H,3-5,8-12,14H2,1-2H3/t15-,19-/m0/s1. The van der Waals surface area contributed by atoms with Gasteiger partial charge in [-0.3, -0.25) is 0 Å². The largest absolute Gasteiger partial charge is 0.494 e. The molecule has 0 N–H and O–H groups in total. The number of piperidine rings is 1. The van der Waals surface area contributed by atoms with E-state index in [9.17, 15) is 0 Å². The second kappa shape index (κ2) is 10.5. The van der Waals surface area contributed by atoms with Gasteiger partial charge in [-0.25, -0.2) is 0 Å². The molecule has 0 spiro atoms. The Bertz CT molecular complexity index is 498. The minimum absolute atomic E-state index is 0.304. The van der Waals surface area contributed by atoms with Crippen LogP contribution in [0.15, 0.2) is 18.2 Å². The lowest BCUT2D eigenvalue weighted by atomic mass is 9.91. The Kier molecular flexibility index (Phi) is 8.68. The van der Waals surface area contributed by atoms with Gasteiger partial charge in [0.15, 0.2) is 0 Å². The van der Waals surface area contributed by atoms with Crippen molar-refractivity contribution >= 4 is 23.2 Å². The fourth-order valence-corrected chi connectivity index (χ4v) is 3.60. The van der Waals surface area contributed by atoms with Crippen molar-refractivity contribution in [2.45, 2.75) is 45.1 Å². The molecule has 0 bridgehead atoms. The Morgan fingerprint density at radius 1 is 1.21 bits per heavy atom. The van der Waals surface area contributed by atoms with E-state index < -0.39 is 0 Å². The molecule has 0 radical (unpaired) electrons. The van der Waals surface area contributed by atoms with E-state index in [2.05, 4.69) is 11.8 Å². The highest BCUT2D eigenvalue weighted by Gasteiger charge is 2.28. The summed E-state index contributed by atoms with van der Waals surface area (Å²) < 4.78 is 11.6. The summed E-state index contributed by atoms with van der Waals surface area (Å²) in [6, 6.07) is 5.40. The SMILES string of the molecule is CCCCCN1CC[C@@H](CCOc2ccc(Cl)c(Cl)c2)[C@@H](OC)C1. The number of ether oxygens (including phenoxy) is 2. The molecule has 1 fully saturated rings. The van der Waals surface area contributed by atoms with Crippen LogP contribution in [0.5, 0.6) is 5.75 Å². The molecule has 136 valence electrons. The number of likely N-dealkylation sites (tertiary alicyclic amines) is 1. The zero-order valence-electron chi connectivity index (χ0n) is 14.8. The first-order chi connectivity index (χ1) is 11.6. The summed E-state index contributed by atoms with van der Waals surface area (Å²) in [6.45, 7) is 6.33. The van der Waals surface area contributed by atoms with Gasteiger partial charge in [0.05, 0.1) is 22.8 Å². The Morgan fingerprint density at radius 2 is 2.04 bits per heavy atom. The van der Waals surface area contributed by atoms with Crippen molar-refractivity contribution in [1.29, 1.82) is 0 Å². The van der Waals surface area contributed by atoms with Crippen molar-refractivity contribution in [1.82, 2.24) is 4.90 Å². The summed E-state index contributed by atoms with van der Waals surface area (Å²) in [5, 5.41) is 1.09. The van der Waals surface area contributed by atoms with E-state index in [1.807, 2.05) is 13.2 Å². The number of methoxy groups -OCH3 is 1. The molecule has 0 aliphatic carbocycles. The molecular weight excluding hydrogens is 345 g/mol. The molecule has 1 saturated heterocycles. The van der Waals surface area contributed by atoms with Crippen molar-refractivity contribution in [2.75, 3.05) is 33.4 Å². The van der Waals surface area contributed by atoms with E-state index in [1.54, 1.807) is 12.1 Å². The highest BCUT2D eigenvalue weighted by atomic mass is 35.5. The number of halogens is 2. The number of rotatable bonds is 9. The van der Waals surface area contributed by atoms with E-state index in [-0.39, 0.29) is 0 Å². The van der Waals surface area contributed by atoms with Crippen molar-refractivity contribution in [2.24, 2.45) is 5.92 Å². The predicted molar refractivity (Wildman–Crippen MR) is 101 cm³/mol. The van der Waals surface area contributed by atoms with Gasteiger partial charge in [0.2, 0.25) is 0 Å². The molecule has 1 aliphatic heterocycles. The Morgan fingerprint density at radius 3 is 2.75 bits per heavy atom. The van der Waals surface area contributed by atoms with E-state index in [4.69, 9.17) is 32.7 Å². The normalized spacial score (nSPS) is 21.8. The van der Waals surface area contributed by atoms with Crippen molar-refractivity contribution in [3.8, 4) is 5.75 Å². The molecule has 1 heterocycles. The summed E-state index contributed by atoms with van der Waals surface area (Å²) in [5.74, 6) is 1.33. The van der Waals surface area contributed by atoms with E-state index >= 15 is 0 Å². The third-order valence-electron chi connectivity index (χ3n) is 4.81. The zero-order valence-corrected chi connectivity index (χ0v) is 16.3. The molecule has 5 heteroatoms. The zero-order chi connectivity index (χ0) is 17.4. The lowest BCUT2D eigenvalue weighted by Crippen LogP contribution is -2.45. The Balaban J connectivity index is 1.74. The van der Waals surface area contributed by atoms with Gasteiger partial charge >= 0.3 is 0 Å². The van der Waals surface area contributed by atoms with Crippen LogP contribution < -0.4 is 4.74 Å². The number of nitrogens with zero attached hydrogens (tertiary/aromatic N) is 1. The maximum absolute atomic E-state index is 6.02. The molecule has 3 nitrogen and oxygen atoms in total. The van der Waals surface area contributed by atoms with Crippen molar-refractivity contribution in [3.63, 3.8) is 0 Å². The third kappa shape index (κ3) is 6.11. The fourth-order valence-electron chi connectivity index (χ4n) is 3.31. The molecule has 2 rings (SSSR count). The average molecular weight is 374 g/mol. The lowest BCUT2D eigenvalue weighted by Gasteiger charge is -2.37. The molecular formula is C19H29Cl2NO2. The molecule has 24 heavy (non-hydrogen) atoms. The van der Waals surface area contributed by atoms with Crippen LogP contribution in [-0.2, 0) is 4.74 Å². The maximum Gasteiger partial charge on any atom is 0.120 e. The van der Waals surface area contributed by atoms with E-state index in [0.29, 0.717) is 28.7 Å². The highest BCUT2D eigenvalue weighted by molar-refractivity contribution is 6.42. The van der Waals surface area contributed by atoms with Crippen LogP contribution in [0.3, 0.4) is 0 Å². The minimum atomic E-state index is 0.304. The number of hydrogen-bond acceptors (Lipinski definition) is 3. The van der Waals surface area contributed by atoms with Gasteiger partial charge in [0, 0.05) is 19.7 Å². The van der Waals surface area contributed by atoms with Crippen LogP contribution in [-0.4, -0.2) is 44.4 Å². The van der Waals surface area contributed by atoms with Gasteiger partial charge in [0.25, 0.3) is 0 Å². The highest BCUT2D eigenvalue weighted by Crippen LogP contribution is 2.28. The van der Waals surface area contributed by atoms with Crippen molar-refractivity contribution < 1.29 is 9.47 Å². The number of benzene rings is 1. The van der Waals surface area contributed by atoms with Crippen molar-refractivity contribution in [3.05, 3.63) is 28.2 Å². The van der Waals surface area contributed by atoms with Gasteiger partial charge in [-0.15, -0.1) is 0 Å². The van der Waals surface area contributed by atoms with Crippen LogP contribution in [0, 0.1) is 5.92 Å². The second-order valence-electron chi connectivity index (χ2n) is 6.54. The summed E-state index contributed by atoms with van der Waals surface area (Å²) in [4.78, 5) is 2.54. The molecule has 0 unspecified atom stereocenters.